The number of thiazole rings is 1. The standard InChI is InChI=1S/C33H37N5O2S/c1-6-22-9-11-23(12-10-22)33-37-29(19-41-33)24-13-14-27-25(17-24)26(31(39)36-27)18-28-20(4)30(21(5)35-28)32(40)34-15-16-38(7-2)8-3/h9-14,17-19,35H,6-8,15-16H2,1-5H3,(H,34,40)(H,36,39)/b26-18-. The smallest absolute Gasteiger partial charge is 0.256 e. The fraction of sp³-hybridized carbons (Fsp3) is 0.303. The number of benzene rings is 2. The summed E-state index contributed by atoms with van der Waals surface area (Å²) < 4.78 is 0. The zero-order valence-electron chi connectivity index (χ0n) is 24.4. The van der Waals surface area contributed by atoms with E-state index in [4.69, 9.17) is 4.98 Å². The van der Waals surface area contributed by atoms with Gasteiger partial charge in [-0.15, -0.1) is 11.3 Å². The first kappa shape index (κ1) is 28.5. The highest BCUT2D eigenvalue weighted by molar-refractivity contribution is 7.13. The highest BCUT2D eigenvalue weighted by Crippen LogP contribution is 2.38. The Labute approximate surface area is 245 Å². The average Bonchev–Trinajstić information content (AvgIpc) is 3.67. The van der Waals surface area contributed by atoms with Gasteiger partial charge in [-0.2, -0.15) is 0 Å². The second-order valence-electron chi connectivity index (χ2n) is 10.3. The van der Waals surface area contributed by atoms with Crippen LogP contribution in [-0.4, -0.2) is 52.9 Å². The summed E-state index contributed by atoms with van der Waals surface area (Å²) in [6.45, 7) is 13.5. The van der Waals surface area contributed by atoms with Gasteiger partial charge in [0.05, 0.1) is 16.8 Å². The number of aromatic amines is 1. The molecule has 1 aliphatic rings. The van der Waals surface area contributed by atoms with Crippen LogP contribution in [0.2, 0.25) is 0 Å². The number of nitrogens with zero attached hydrogens (tertiary/aromatic N) is 2. The Kier molecular flexibility index (Phi) is 8.52. The van der Waals surface area contributed by atoms with Crippen molar-refractivity contribution < 1.29 is 9.59 Å². The molecule has 0 unspecified atom stereocenters. The minimum Gasteiger partial charge on any atom is -0.358 e. The number of carbonyl (C=O) groups excluding carboxylic acids is 2. The van der Waals surface area contributed by atoms with Crippen molar-refractivity contribution >= 4 is 40.5 Å². The molecule has 0 atom stereocenters. The number of amides is 2. The van der Waals surface area contributed by atoms with Crippen molar-refractivity contribution in [3.63, 3.8) is 0 Å². The van der Waals surface area contributed by atoms with Crippen LogP contribution in [0.5, 0.6) is 0 Å². The number of rotatable bonds is 10. The maximum absolute atomic E-state index is 13.0. The molecule has 41 heavy (non-hydrogen) atoms. The molecule has 1 aliphatic heterocycles. The van der Waals surface area contributed by atoms with Crippen LogP contribution in [-0.2, 0) is 11.2 Å². The van der Waals surface area contributed by atoms with Crippen LogP contribution in [0.3, 0.4) is 0 Å². The van der Waals surface area contributed by atoms with E-state index in [0.717, 1.165) is 76.1 Å². The van der Waals surface area contributed by atoms with Gasteiger partial charge in [-0.05, 0) is 62.7 Å². The fourth-order valence-electron chi connectivity index (χ4n) is 5.27. The van der Waals surface area contributed by atoms with Crippen LogP contribution >= 0.6 is 11.3 Å². The number of likely N-dealkylation sites (N-methyl/N-ethyl adjacent to an activating group) is 1. The Morgan fingerprint density at radius 1 is 1.05 bits per heavy atom. The fourth-order valence-corrected chi connectivity index (χ4v) is 6.11. The quantitative estimate of drug-likeness (QED) is 0.190. The van der Waals surface area contributed by atoms with Gasteiger partial charge in [0.15, 0.2) is 0 Å². The molecular formula is C33H37N5O2S. The Bertz CT molecular complexity index is 1610. The van der Waals surface area contributed by atoms with E-state index in [2.05, 4.69) is 70.9 Å². The normalized spacial score (nSPS) is 13.6. The van der Waals surface area contributed by atoms with Crippen molar-refractivity contribution in [2.45, 2.75) is 41.0 Å². The molecule has 3 heterocycles. The van der Waals surface area contributed by atoms with Gasteiger partial charge < -0.3 is 20.5 Å². The Morgan fingerprint density at radius 3 is 2.49 bits per heavy atom. The van der Waals surface area contributed by atoms with E-state index in [1.54, 1.807) is 11.3 Å². The third kappa shape index (κ3) is 5.89. The molecule has 0 aliphatic carbocycles. The lowest BCUT2D eigenvalue weighted by atomic mass is 10.0. The van der Waals surface area contributed by atoms with E-state index in [1.807, 2.05) is 38.1 Å². The predicted molar refractivity (Wildman–Crippen MR) is 169 cm³/mol. The van der Waals surface area contributed by atoms with Crippen molar-refractivity contribution in [1.82, 2.24) is 20.2 Å². The van der Waals surface area contributed by atoms with Crippen molar-refractivity contribution in [3.8, 4) is 21.8 Å². The summed E-state index contributed by atoms with van der Waals surface area (Å²) in [7, 11) is 0. The van der Waals surface area contributed by atoms with Crippen molar-refractivity contribution in [2.24, 2.45) is 0 Å². The number of nitrogens with one attached hydrogen (secondary N) is 3. The molecule has 0 bridgehead atoms. The highest BCUT2D eigenvalue weighted by Gasteiger charge is 2.26. The topological polar surface area (TPSA) is 90.1 Å². The molecule has 0 radical (unpaired) electrons. The molecule has 0 fully saturated rings. The summed E-state index contributed by atoms with van der Waals surface area (Å²) in [5.41, 5.74) is 9.38. The zero-order valence-corrected chi connectivity index (χ0v) is 25.2. The van der Waals surface area contributed by atoms with Gasteiger partial charge in [-0.25, -0.2) is 4.98 Å². The first-order chi connectivity index (χ1) is 19.8. The van der Waals surface area contributed by atoms with E-state index in [-0.39, 0.29) is 11.8 Å². The summed E-state index contributed by atoms with van der Waals surface area (Å²) in [4.78, 5) is 36.6. The maximum atomic E-state index is 13.0. The molecule has 0 spiro atoms. The maximum Gasteiger partial charge on any atom is 0.256 e. The van der Waals surface area contributed by atoms with E-state index in [1.165, 1.54) is 5.56 Å². The van der Waals surface area contributed by atoms with Crippen molar-refractivity contribution in [2.75, 3.05) is 31.5 Å². The first-order valence-corrected chi connectivity index (χ1v) is 15.1. The van der Waals surface area contributed by atoms with Crippen LogP contribution in [0.1, 0.15) is 59.2 Å². The first-order valence-electron chi connectivity index (χ1n) is 14.2. The SMILES string of the molecule is CCc1ccc(-c2nc(-c3ccc4c(c3)/C(=C/c3[nH]c(C)c(C(=O)NCCN(CC)CC)c3C)C(=O)N4)cs2)cc1. The monoisotopic (exact) mass is 567 g/mol. The summed E-state index contributed by atoms with van der Waals surface area (Å²) in [5, 5.41) is 9.05. The molecule has 2 amide bonds. The largest absolute Gasteiger partial charge is 0.358 e. The van der Waals surface area contributed by atoms with Gasteiger partial charge in [0.2, 0.25) is 0 Å². The number of carbonyl (C=O) groups is 2. The minimum atomic E-state index is -0.163. The summed E-state index contributed by atoms with van der Waals surface area (Å²) in [5.74, 6) is -0.265. The summed E-state index contributed by atoms with van der Waals surface area (Å²) in [6.07, 6.45) is 2.86. The molecule has 2 aromatic carbocycles. The lowest BCUT2D eigenvalue weighted by molar-refractivity contribution is -0.110. The molecule has 4 aromatic rings. The molecule has 0 saturated heterocycles. The lowest BCUT2D eigenvalue weighted by Crippen LogP contribution is -2.35. The number of aryl methyl sites for hydroxylation is 2. The highest BCUT2D eigenvalue weighted by atomic mass is 32.1. The Balaban J connectivity index is 1.40. The van der Waals surface area contributed by atoms with Gasteiger partial charge in [0.25, 0.3) is 11.8 Å². The van der Waals surface area contributed by atoms with E-state index < -0.39 is 0 Å². The molecule has 2 aromatic heterocycles. The van der Waals surface area contributed by atoms with Gasteiger partial charge in [0.1, 0.15) is 5.01 Å². The number of hydrogen-bond acceptors (Lipinski definition) is 5. The summed E-state index contributed by atoms with van der Waals surface area (Å²) >= 11 is 1.61. The van der Waals surface area contributed by atoms with Crippen LogP contribution in [0.4, 0.5) is 5.69 Å². The van der Waals surface area contributed by atoms with Crippen molar-refractivity contribution in [1.29, 1.82) is 0 Å². The van der Waals surface area contributed by atoms with E-state index in [0.29, 0.717) is 17.7 Å². The average molecular weight is 568 g/mol. The molecule has 3 N–H and O–H groups in total. The Hall–Kier alpha value is -4.01. The van der Waals surface area contributed by atoms with Crippen molar-refractivity contribution in [3.05, 3.63) is 81.5 Å². The van der Waals surface area contributed by atoms with Gasteiger partial charge in [-0.1, -0.05) is 51.1 Å². The number of H-pyrrole nitrogens is 1. The van der Waals surface area contributed by atoms with Gasteiger partial charge in [-0.3, -0.25) is 9.59 Å². The molecule has 0 saturated carbocycles. The second-order valence-corrected chi connectivity index (χ2v) is 11.2. The van der Waals surface area contributed by atoms with E-state index >= 15 is 0 Å². The summed E-state index contributed by atoms with van der Waals surface area (Å²) in [6, 6.07) is 14.5. The molecule has 5 rings (SSSR count). The molecule has 7 nitrogen and oxygen atoms in total. The van der Waals surface area contributed by atoms with Crippen LogP contribution < -0.4 is 10.6 Å². The predicted octanol–water partition coefficient (Wildman–Crippen LogP) is 6.55. The van der Waals surface area contributed by atoms with Crippen LogP contribution in [0.15, 0.2) is 47.8 Å². The minimum absolute atomic E-state index is 0.102. The van der Waals surface area contributed by atoms with Crippen LogP contribution in [0.25, 0.3) is 33.5 Å². The number of anilines is 1. The third-order valence-corrected chi connectivity index (χ3v) is 8.70. The lowest BCUT2D eigenvalue weighted by Gasteiger charge is -2.18. The van der Waals surface area contributed by atoms with Gasteiger partial charge >= 0.3 is 0 Å². The number of fused-ring (bicyclic) bond motifs is 1. The molecule has 212 valence electrons. The number of hydrogen-bond donors (Lipinski definition) is 3. The molecule has 8 heteroatoms. The Morgan fingerprint density at radius 2 is 1.78 bits per heavy atom. The third-order valence-electron chi connectivity index (χ3n) is 7.81. The van der Waals surface area contributed by atoms with Crippen LogP contribution in [0, 0.1) is 13.8 Å². The zero-order chi connectivity index (χ0) is 29.1. The second kappa shape index (κ2) is 12.2. The van der Waals surface area contributed by atoms with E-state index in [9.17, 15) is 9.59 Å². The van der Waals surface area contributed by atoms with Gasteiger partial charge in [0, 0.05) is 52.2 Å². The molecular weight excluding hydrogens is 530 g/mol. The number of aromatic nitrogens is 2.